The number of fused-ring (bicyclic) bond motifs is 2. The van der Waals surface area contributed by atoms with Crippen LogP contribution in [0.15, 0.2) is 23.1 Å². The molecular formula is C25H32N10O5S. The van der Waals surface area contributed by atoms with Gasteiger partial charge < -0.3 is 30.5 Å². The van der Waals surface area contributed by atoms with Gasteiger partial charge in [0.2, 0.25) is 11.8 Å². The largest absolute Gasteiger partial charge is 0.477 e. The third kappa shape index (κ3) is 4.77. The van der Waals surface area contributed by atoms with Crippen LogP contribution in [0.2, 0.25) is 0 Å². The van der Waals surface area contributed by atoms with Gasteiger partial charge in [0.1, 0.15) is 18.6 Å². The second-order valence-electron chi connectivity index (χ2n) is 11.2. The standard InChI is InChI=1S/C25H32N10O5S/c1-12(5-15(36)10-33-11-29-30-31-33)18-19-13(2)21(20(24(39)40)35(19)23(18)38)41-16-6-17(27-8-16)22(37)32-3-4-34-14(9-32)7-28-25(34)26/h7,11-13,16-19,27H,3-6,8-10H2,1-2H3,(H2,26,28)(H,39,40)/t12-,13+,16-,17-,18+,19+/m0/s1. The number of aliphatic carboxylic acids is 1. The number of β-lactam (4-membered cyclic amide) rings is 1. The molecule has 0 aliphatic carbocycles. The molecular weight excluding hydrogens is 552 g/mol. The quantitative estimate of drug-likeness (QED) is 0.315. The van der Waals surface area contributed by atoms with E-state index in [9.17, 15) is 24.3 Å². The van der Waals surface area contributed by atoms with E-state index in [0.29, 0.717) is 43.5 Å². The van der Waals surface area contributed by atoms with Crippen LogP contribution in [0.4, 0.5) is 5.95 Å². The molecule has 0 bridgehead atoms. The number of carboxylic acids is 1. The van der Waals surface area contributed by atoms with Crippen LogP contribution in [0.1, 0.15) is 32.4 Å². The Morgan fingerprint density at radius 2 is 2.10 bits per heavy atom. The minimum Gasteiger partial charge on any atom is -0.477 e. The van der Waals surface area contributed by atoms with E-state index in [4.69, 9.17) is 5.73 Å². The Hall–Kier alpha value is -3.79. The van der Waals surface area contributed by atoms with Crippen molar-refractivity contribution in [3.8, 4) is 0 Å². The molecule has 0 spiro atoms. The average molecular weight is 585 g/mol. The fourth-order valence-electron chi connectivity index (χ4n) is 6.63. The van der Waals surface area contributed by atoms with Crippen molar-refractivity contribution in [3.63, 3.8) is 0 Å². The Labute approximate surface area is 239 Å². The summed E-state index contributed by atoms with van der Waals surface area (Å²) >= 11 is 1.45. The molecule has 2 amide bonds. The molecule has 6 rings (SSSR count). The first kappa shape index (κ1) is 27.4. The van der Waals surface area contributed by atoms with Gasteiger partial charge in [0, 0.05) is 42.1 Å². The summed E-state index contributed by atoms with van der Waals surface area (Å²) < 4.78 is 3.25. The first-order valence-corrected chi connectivity index (χ1v) is 14.5. The lowest BCUT2D eigenvalue weighted by Gasteiger charge is -2.47. The Kier molecular flexibility index (Phi) is 7.05. The van der Waals surface area contributed by atoms with Crippen molar-refractivity contribution >= 4 is 41.3 Å². The minimum absolute atomic E-state index is 0.00487. The summed E-state index contributed by atoms with van der Waals surface area (Å²) in [6, 6.07) is -0.688. The van der Waals surface area contributed by atoms with Gasteiger partial charge in [-0.3, -0.25) is 14.4 Å². The van der Waals surface area contributed by atoms with Crippen LogP contribution in [0.25, 0.3) is 0 Å². The van der Waals surface area contributed by atoms with Gasteiger partial charge in [-0.15, -0.1) is 16.9 Å². The zero-order valence-corrected chi connectivity index (χ0v) is 23.5. The second-order valence-corrected chi connectivity index (χ2v) is 12.6. The monoisotopic (exact) mass is 584 g/mol. The van der Waals surface area contributed by atoms with E-state index in [2.05, 4.69) is 25.8 Å². The van der Waals surface area contributed by atoms with E-state index < -0.39 is 11.9 Å². The highest BCUT2D eigenvalue weighted by atomic mass is 32.2. The molecule has 41 heavy (non-hydrogen) atoms. The lowest BCUT2D eigenvalue weighted by atomic mass is 9.73. The molecule has 218 valence electrons. The number of nitrogen functional groups attached to an aromatic ring is 1. The summed E-state index contributed by atoms with van der Waals surface area (Å²) in [5.41, 5.74) is 6.81. The molecule has 0 unspecified atom stereocenters. The van der Waals surface area contributed by atoms with Crippen molar-refractivity contribution < 1.29 is 24.3 Å². The predicted octanol–water partition coefficient (Wildman–Crippen LogP) is -0.674. The van der Waals surface area contributed by atoms with E-state index in [1.807, 2.05) is 18.4 Å². The highest BCUT2D eigenvalue weighted by Gasteiger charge is 2.60. The smallest absolute Gasteiger partial charge is 0.353 e. The third-order valence-electron chi connectivity index (χ3n) is 8.59. The summed E-state index contributed by atoms with van der Waals surface area (Å²) in [5, 5.41) is 24.1. The maximum absolute atomic E-state index is 13.3. The fourth-order valence-corrected chi connectivity index (χ4v) is 8.11. The van der Waals surface area contributed by atoms with Gasteiger partial charge in [-0.25, -0.2) is 14.5 Å². The number of ketones is 1. The number of tetrazole rings is 1. The highest BCUT2D eigenvalue weighted by Crippen LogP contribution is 2.53. The number of nitrogens with two attached hydrogens (primary N) is 1. The van der Waals surface area contributed by atoms with E-state index in [1.54, 1.807) is 11.1 Å². The van der Waals surface area contributed by atoms with Crippen LogP contribution in [0.3, 0.4) is 0 Å². The fraction of sp³-hybridized carbons (Fsp3) is 0.600. The average Bonchev–Trinajstić information content (AvgIpc) is 3.72. The number of thioether (sulfide) groups is 1. The highest BCUT2D eigenvalue weighted by molar-refractivity contribution is 8.03. The van der Waals surface area contributed by atoms with Gasteiger partial charge in [-0.1, -0.05) is 13.8 Å². The number of hydrogen-bond donors (Lipinski definition) is 3. The number of carboxylic acid groups (broad SMARTS) is 1. The van der Waals surface area contributed by atoms with Crippen LogP contribution in [-0.4, -0.2) is 98.7 Å². The summed E-state index contributed by atoms with van der Waals surface area (Å²) in [4.78, 5) is 59.4. The Morgan fingerprint density at radius 1 is 1.29 bits per heavy atom. The maximum Gasteiger partial charge on any atom is 0.353 e. The first-order valence-electron chi connectivity index (χ1n) is 13.7. The second kappa shape index (κ2) is 10.6. The van der Waals surface area contributed by atoms with Gasteiger partial charge in [-0.2, -0.15) is 0 Å². The van der Waals surface area contributed by atoms with Gasteiger partial charge in [0.25, 0.3) is 0 Å². The first-order chi connectivity index (χ1) is 19.6. The molecule has 4 aliphatic rings. The minimum atomic E-state index is -1.14. The lowest BCUT2D eigenvalue weighted by molar-refractivity contribution is -0.160. The van der Waals surface area contributed by atoms with Crippen molar-refractivity contribution in [2.75, 3.05) is 18.8 Å². The van der Waals surface area contributed by atoms with Crippen LogP contribution in [0.5, 0.6) is 0 Å². The number of carbonyl (C=O) groups is 4. The molecule has 4 N–H and O–H groups in total. The van der Waals surface area contributed by atoms with Crippen molar-refractivity contribution in [2.45, 2.75) is 63.7 Å². The number of Topliss-reactive ketones (excluding diaryl/α,β-unsaturated/α-hetero) is 1. The maximum atomic E-state index is 13.3. The number of aromatic nitrogens is 6. The summed E-state index contributed by atoms with van der Waals surface area (Å²) in [6.07, 6.45) is 3.77. The van der Waals surface area contributed by atoms with Crippen molar-refractivity contribution in [1.82, 2.24) is 44.9 Å². The third-order valence-corrected chi connectivity index (χ3v) is 10.1. The van der Waals surface area contributed by atoms with Gasteiger partial charge in [0.05, 0.1) is 36.4 Å². The zero-order chi connectivity index (χ0) is 29.0. The van der Waals surface area contributed by atoms with Crippen LogP contribution in [0, 0.1) is 17.8 Å². The molecule has 2 aromatic heterocycles. The topological polar surface area (TPSA) is 194 Å². The van der Waals surface area contributed by atoms with E-state index in [1.165, 1.54) is 27.7 Å². The van der Waals surface area contributed by atoms with Crippen LogP contribution < -0.4 is 11.1 Å². The normalized spacial score (nSPS) is 28.0. The van der Waals surface area contributed by atoms with Gasteiger partial charge >= 0.3 is 5.97 Å². The molecule has 0 aromatic carbocycles. The molecule has 2 saturated heterocycles. The molecule has 0 saturated carbocycles. The van der Waals surface area contributed by atoms with E-state index >= 15 is 0 Å². The molecule has 2 fully saturated rings. The number of anilines is 1. The predicted molar refractivity (Wildman–Crippen MR) is 144 cm³/mol. The lowest BCUT2D eigenvalue weighted by Crippen LogP contribution is -2.62. The molecule has 6 atom stereocenters. The van der Waals surface area contributed by atoms with Gasteiger partial charge in [0.15, 0.2) is 11.7 Å². The SMILES string of the molecule is C[C@@H](CC(=O)Cn1cnnn1)[C@H]1C(=O)N2C(C(=O)O)=C(S[C@@H]3CN[C@H](C(=O)N4CCn5c(cnc5N)C4)C3)[C@H](C)[C@H]12. The zero-order valence-electron chi connectivity index (χ0n) is 22.7. The number of rotatable bonds is 9. The Morgan fingerprint density at radius 3 is 2.83 bits per heavy atom. The summed E-state index contributed by atoms with van der Waals surface area (Å²) in [5.74, 6) is -1.96. The summed E-state index contributed by atoms with van der Waals surface area (Å²) in [6.45, 7) is 5.95. The Balaban J connectivity index is 1.09. The molecule has 6 heterocycles. The number of nitrogens with one attached hydrogen (secondary N) is 1. The van der Waals surface area contributed by atoms with Crippen molar-refractivity contribution in [1.29, 1.82) is 0 Å². The number of amides is 2. The number of imidazole rings is 1. The molecule has 16 heteroatoms. The number of hydrogen-bond acceptors (Lipinski definition) is 11. The van der Waals surface area contributed by atoms with E-state index in [0.717, 1.165) is 5.69 Å². The molecule has 0 radical (unpaired) electrons. The van der Waals surface area contributed by atoms with Crippen LogP contribution in [-0.2, 0) is 38.8 Å². The number of carbonyl (C=O) groups excluding carboxylic acids is 3. The molecule has 4 aliphatic heterocycles. The summed E-state index contributed by atoms with van der Waals surface area (Å²) in [7, 11) is 0. The molecule has 15 nitrogen and oxygen atoms in total. The van der Waals surface area contributed by atoms with Gasteiger partial charge in [-0.05, 0) is 22.8 Å². The number of nitrogens with zero attached hydrogens (tertiary/aromatic N) is 8. The van der Waals surface area contributed by atoms with Crippen LogP contribution >= 0.6 is 11.8 Å². The van der Waals surface area contributed by atoms with Crippen molar-refractivity contribution in [3.05, 3.63) is 28.8 Å². The Bertz CT molecular complexity index is 1420. The van der Waals surface area contributed by atoms with E-state index in [-0.39, 0.29) is 65.4 Å². The molecule has 2 aromatic rings. The van der Waals surface area contributed by atoms with Crippen molar-refractivity contribution in [2.24, 2.45) is 17.8 Å².